The van der Waals surface area contributed by atoms with Gasteiger partial charge >= 0.3 is 5.97 Å². The molecule has 0 N–H and O–H groups in total. The van der Waals surface area contributed by atoms with Gasteiger partial charge in [-0.25, -0.2) is 4.79 Å². The summed E-state index contributed by atoms with van der Waals surface area (Å²) in [5.74, 6) is -0.201. The van der Waals surface area contributed by atoms with Gasteiger partial charge in [0.25, 0.3) is 0 Å². The molecule has 0 spiro atoms. The van der Waals surface area contributed by atoms with Crippen LogP contribution in [0.15, 0.2) is 42.5 Å². The van der Waals surface area contributed by atoms with Crippen molar-refractivity contribution in [3.63, 3.8) is 0 Å². The highest BCUT2D eigenvalue weighted by Crippen LogP contribution is 2.24. The number of Topliss-reactive ketones (excluding diaryl/α,β-unsaturated/α-hetero) is 1. The van der Waals surface area contributed by atoms with Crippen molar-refractivity contribution in [2.75, 3.05) is 20.8 Å². The van der Waals surface area contributed by atoms with E-state index in [-0.39, 0.29) is 11.1 Å². The average molecular weight is 328 g/mol. The van der Waals surface area contributed by atoms with E-state index in [1.54, 1.807) is 12.1 Å². The topological polar surface area (TPSA) is 78.9 Å². The van der Waals surface area contributed by atoms with Crippen LogP contribution < -0.4 is 9.47 Å². The number of benzene rings is 2. The molecule has 6 heteroatoms. The fraction of sp³-hybridized carbons (Fsp3) is 0.167. The summed E-state index contributed by atoms with van der Waals surface area (Å²) in [6, 6.07) is 10.7. The fourth-order valence-electron chi connectivity index (χ4n) is 2.02. The zero-order chi connectivity index (χ0) is 17.5. The SMILES string of the molecule is COc1ccc(OC)c(C(=O)COC(=O)c2ccc(C=O)cc2)c1. The molecule has 0 aliphatic heterocycles. The molecule has 6 nitrogen and oxygen atoms in total. The van der Waals surface area contributed by atoms with E-state index in [1.165, 1.54) is 44.6 Å². The first-order chi connectivity index (χ1) is 11.6. The third kappa shape index (κ3) is 3.98. The van der Waals surface area contributed by atoms with Crippen LogP contribution in [0.2, 0.25) is 0 Å². The van der Waals surface area contributed by atoms with Gasteiger partial charge in [-0.15, -0.1) is 0 Å². The molecular weight excluding hydrogens is 312 g/mol. The van der Waals surface area contributed by atoms with E-state index >= 15 is 0 Å². The maximum Gasteiger partial charge on any atom is 0.338 e. The van der Waals surface area contributed by atoms with Crippen LogP contribution in [0, 0.1) is 0 Å². The first-order valence-corrected chi connectivity index (χ1v) is 7.06. The molecule has 0 fully saturated rings. The number of methoxy groups -OCH3 is 2. The third-order valence-corrected chi connectivity index (χ3v) is 3.32. The van der Waals surface area contributed by atoms with Crippen molar-refractivity contribution in [1.29, 1.82) is 0 Å². The largest absolute Gasteiger partial charge is 0.497 e. The predicted molar refractivity (Wildman–Crippen MR) is 86.0 cm³/mol. The molecule has 0 radical (unpaired) electrons. The Labute approximate surface area is 139 Å². The van der Waals surface area contributed by atoms with Gasteiger partial charge in [-0.3, -0.25) is 9.59 Å². The van der Waals surface area contributed by atoms with Gasteiger partial charge in [0.15, 0.2) is 6.61 Å². The summed E-state index contributed by atoms with van der Waals surface area (Å²) in [4.78, 5) is 34.8. The highest BCUT2D eigenvalue weighted by Gasteiger charge is 2.16. The normalized spacial score (nSPS) is 9.92. The maximum atomic E-state index is 12.3. The summed E-state index contributed by atoms with van der Waals surface area (Å²) in [7, 11) is 2.93. The lowest BCUT2D eigenvalue weighted by molar-refractivity contribution is 0.0474. The zero-order valence-electron chi connectivity index (χ0n) is 13.3. The third-order valence-electron chi connectivity index (χ3n) is 3.32. The Morgan fingerprint density at radius 2 is 1.71 bits per heavy atom. The molecule has 0 atom stereocenters. The van der Waals surface area contributed by atoms with Gasteiger partial charge < -0.3 is 14.2 Å². The minimum absolute atomic E-state index is 0.256. The summed E-state index contributed by atoms with van der Waals surface area (Å²) in [6.45, 7) is -0.433. The van der Waals surface area contributed by atoms with E-state index in [9.17, 15) is 14.4 Å². The van der Waals surface area contributed by atoms with Crippen molar-refractivity contribution in [3.8, 4) is 11.5 Å². The van der Waals surface area contributed by atoms with E-state index < -0.39 is 18.4 Å². The van der Waals surface area contributed by atoms with Crippen molar-refractivity contribution < 1.29 is 28.6 Å². The minimum Gasteiger partial charge on any atom is -0.497 e. The first-order valence-electron chi connectivity index (χ1n) is 7.06. The molecule has 0 aliphatic rings. The van der Waals surface area contributed by atoms with Crippen molar-refractivity contribution in [2.24, 2.45) is 0 Å². The second-order valence-corrected chi connectivity index (χ2v) is 4.81. The number of carbonyl (C=O) groups excluding carboxylic acids is 3. The number of ketones is 1. The Morgan fingerprint density at radius 3 is 2.29 bits per heavy atom. The van der Waals surface area contributed by atoms with Crippen LogP contribution in [0.4, 0.5) is 0 Å². The van der Waals surface area contributed by atoms with Crippen LogP contribution in [0.25, 0.3) is 0 Å². The van der Waals surface area contributed by atoms with Gasteiger partial charge in [-0.2, -0.15) is 0 Å². The lowest BCUT2D eigenvalue weighted by atomic mass is 10.1. The van der Waals surface area contributed by atoms with Crippen LogP contribution >= 0.6 is 0 Å². The lowest BCUT2D eigenvalue weighted by Crippen LogP contribution is -2.15. The molecule has 2 rings (SSSR count). The molecule has 24 heavy (non-hydrogen) atoms. The summed E-state index contributed by atoms with van der Waals surface area (Å²) in [5, 5.41) is 0. The Morgan fingerprint density at radius 1 is 1.00 bits per heavy atom. The van der Waals surface area contributed by atoms with Gasteiger partial charge in [0, 0.05) is 5.56 Å². The number of aldehydes is 1. The second kappa shape index (κ2) is 7.92. The summed E-state index contributed by atoms with van der Waals surface area (Å²) >= 11 is 0. The lowest BCUT2D eigenvalue weighted by Gasteiger charge is -2.10. The number of hydrogen-bond donors (Lipinski definition) is 0. The van der Waals surface area contributed by atoms with Gasteiger partial charge in [0.05, 0.1) is 25.3 Å². The van der Waals surface area contributed by atoms with Crippen molar-refractivity contribution >= 4 is 18.0 Å². The molecule has 0 bridgehead atoms. The number of rotatable bonds is 7. The predicted octanol–water partition coefficient (Wildman–Crippen LogP) is 2.56. The van der Waals surface area contributed by atoms with Crippen molar-refractivity contribution in [3.05, 3.63) is 59.2 Å². The van der Waals surface area contributed by atoms with E-state index in [0.717, 1.165) is 0 Å². The van der Waals surface area contributed by atoms with E-state index in [0.29, 0.717) is 23.3 Å². The fourth-order valence-corrected chi connectivity index (χ4v) is 2.02. The Bertz CT molecular complexity index is 749. The summed E-state index contributed by atoms with van der Waals surface area (Å²) in [6.07, 6.45) is 0.674. The summed E-state index contributed by atoms with van der Waals surface area (Å²) in [5.41, 5.74) is 0.968. The molecule has 2 aromatic carbocycles. The highest BCUT2D eigenvalue weighted by atomic mass is 16.5. The van der Waals surface area contributed by atoms with Crippen molar-refractivity contribution in [1.82, 2.24) is 0 Å². The highest BCUT2D eigenvalue weighted by molar-refractivity contribution is 6.01. The van der Waals surface area contributed by atoms with Crippen LogP contribution in [-0.4, -0.2) is 38.9 Å². The van der Waals surface area contributed by atoms with Crippen LogP contribution in [0.5, 0.6) is 11.5 Å². The van der Waals surface area contributed by atoms with Gasteiger partial charge in [-0.1, -0.05) is 12.1 Å². The molecule has 0 aromatic heterocycles. The molecule has 0 saturated carbocycles. The number of carbonyl (C=O) groups is 3. The smallest absolute Gasteiger partial charge is 0.338 e. The Balaban J connectivity index is 2.06. The van der Waals surface area contributed by atoms with E-state index in [2.05, 4.69) is 0 Å². The van der Waals surface area contributed by atoms with Gasteiger partial charge in [-0.05, 0) is 30.3 Å². The number of ether oxygens (including phenoxy) is 3. The quantitative estimate of drug-likeness (QED) is 0.441. The molecule has 0 amide bonds. The molecule has 124 valence electrons. The number of hydrogen-bond acceptors (Lipinski definition) is 6. The Kier molecular flexibility index (Phi) is 5.68. The second-order valence-electron chi connectivity index (χ2n) is 4.81. The Hall–Kier alpha value is -3.15. The van der Waals surface area contributed by atoms with Crippen LogP contribution in [0.1, 0.15) is 31.1 Å². The molecular formula is C18H16O6. The molecule has 0 aliphatic carbocycles. The molecule has 0 saturated heterocycles. The monoisotopic (exact) mass is 328 g/mol. The molecule has 2 aromatic rings. The minimum atomic E-state index is -0.650. The van der Waals surface area contributed by atoms with Crippen LogP contribution in [0.3, 0.4) is 0 Å². The summed E-state index contributed by atoms with van der Waals surface area (Å²) < 4.78 is 15.2. The maximum absolute atomic E-state index is 12.3. The first kappa shape index (κ1) is 17.2. The zero-order valence-corrected chi connectivity index (χ0v) is 13.3. The number of esters is 1. The van der Waals surface area contributed by atoms with Gasteiger partial charge in [0.1, 0.15) is 17.8 Å². The molecule has 0 unspecified atom stereocenters. The standard InChI is InChI=1S/C18H16O6/c1-22-14-7-8-17(23-2)15(9-14)16(20)11-24-18(21)13-5-3-12(10-19)4-6-13/h3-10H,11H2,1-2H3. The van der Waals surface area contributed by atoms with Crippen LogP contribution in [-0.2, 0) is 4.74 Å². The molecule has 0 heterocycles. The van der Waals surface area contributed by atoms with Gasteiger partial charge in [0.2, 0.25) is 5.78 Å². The van der Waals surface area contributed by atoms with E-state index in [1.807, 2.05) is 0 Å². The van der Waals surface area contributed by atoms with Crippen molar-refractivity contribution in [2.45, 2.75) is 0 Å². The average Bonchev–Trinajstić information content (AvgIpc) is 2.65. The van der Waals surface area contributed by atoms with E-state index in [4.69, 9.17) is 14.2 Å².